The monoisotopic (exact) mass is 597 g/mol. The molecule has 2 bridgehead atoms. The number of aromatic nitrogens is 4. The molecule has 4 atom stereocenters. The van der Waals surface area contributed by atoms with Gasteiger partial charge in [0, 0.05) is 53.8 Å². The van der Waals surface area contributed by atoms with Gasteiger partial charge in [-0.2, -0.15) is 0 Å². The molecule has 3 aromatic heterocycles. The van der Waals surface area contributed by atoms with E-state index in [9.17, 15) is 9.59 Å². The SMILES string of the molecule is COc1cc(C(=O)N2[C@H]3CC[C@@H]2[C@H](N)C3)cc2nc(-c3cc4ccc([C@H](C)CC(C)(C)C(N)=O)nc4n3CC3CC3)n(C)c12. The lowest BCUT2D eigenvalue weighted by molar-refractivity contribution is -0.126. The zero-order valence-corrected chi connectivity index (χ0v) is 26.3. The number of nitrogens with zero attached hydrogens (tertiary/aromatic N) is 5. The Kier molecular flexibility index (Phi) is 6.77. The molecule has 0 radical (unpaired) electrons. The van der Waals surface area contributed by atoms with E-state index in [1.807, 2.05) is 37.9 Å². The minimum absolute atomic E-state index is 0.00561. The second-order valence-corrected chi connectivity index (χ2v) is 14.0. The van der Waals surface area contributed by atoms with E-state index < -0.39 is 5.41 Å². The molecule has 3 fully saturated rings. The molecule has 4 aromatic rings. The number of hydrogen-bond donors (Lipinski definition) is 2. The molecule has 2 saturated heterocycles. The average molecular weight is 598 g/mol. The van der Waals surface area contributed by atoms with E-state index in [-0.39, 0.29) is 35.9 Å². The number of primary amides is 1. The summed E-state index contributed by atoms with van der Waals surface area (Å²) in [5.41, 5.74) is 16.4. The summed E-state index contributed by atoms with van der Waals surface area (Å²) in [6.45, 7) is 6.74. The Morgan fingerprint density at radius 3 is 2.52 bits per heavy atom. The standard InChI is InChI=1S/C34H43N7O3/c1-18(16-34(2,3)33(36)43)24-10-8-20-13-27(40(30(20)37-24)17-19-6-7-19)31-38-25-12-21(14-28(44-5)29(25)39(31)4)32(42)41-22-9-11-26(41)23(35)15-22/h8,10,12-14,18-19,22-23,26H,6-7,9,11,15-17,35H2,1-5H3,(H2,36,43)/t18-,22+,23-,26-/m1/s1. The highest BCUT2D eigenvalue weighted by atomic mass is 16.5. The van der Waals surface area contributed by atoms with Crippen molar-refractivity contribution in [2.45, 2.75) is 89.9 Å². The lowest BCUT2D eigenvalue weighted by Gasteiger charge is -2.24. The maximum Gasteiger partial charge on any atom is 0.254 e. The van der Waals surface area contributed by atoms with Crippen molar-refractivity contribution in [2.75, 3.05) is 7.11 Å². The summed E-state index contributed by atoms with van der Waals surface area (Å²) in [5.74, 6) is 1.80. The zero-order valence-electron chi connectivity index (χ0n) is 26.3. The number of hydrogen-bond acceptors (Lipinski definition) is 6. The summed E-state index contributed by atoms with van der Waals surface area (Å²) >= 11 is 0. The fourth-order valence-electron chi connectivity index (χ4n) is 7.64. The van der Waals surface area contributed by atoms with Gasteiger partial charge in [-0.25, -0.2) is 9.97 Å². The van der Waals surface area contributed by atoms with E-state index in [1.165, 1.54) is 12.8 Å². The normalized spacial score (nSPS) is 22.3. The molecule has 4 N–H and O–H groups in total. The topological polar surface area (TPSA) is 134 Å². The van der Waals surface area contributed by atoms with Crippen LogP contribution in [0.25, 0.3) is 33.6 Å². The smallest absolute Gasteiger partial charge is 0.254 e. The van der Waals surface area contributed by atoms with Crippen LogP contribution in [0.15, 0.2) is 30.3 Å². The van der Waals surface area contributed by atoms with Crippen molar-refractivity contribution < 1.29 is 14.3 Å². The van der Waals surface area contributed by atoms with Gasteiger partial charge in [0.15, 0.2) is 5.82 Å². The molecule has 0 unspecified atom stereocenters. The van der Waals surface area contributed by atoms with Crippen LogP contribution >= 0.6 is 0 Å². The van der Waals surface area contributed by atoms with E-state index in [0.717, 1.165) is 65.1 Å². The molecule has 5 heterocycles. The van der Waals surface area contributed by atoms with E-state index in [1.54, 1.807) is 7.11 Å². The van der Waals surface area contributed by atoms with E-state index in [4.69, 9.17) is 26.2 Å². The summed E-state index contributed by atoms with van der Waals surface area (Å²) < 4.78 is 10.2. The van der Waals surface area contributed by atoms with E-state index in [0.29, 0.717) is 23.7 Å². The van der Waals surface area contributed by atoms with Crippen LogP contribution in [0.2, 0.25) is 0 Å². The van der Waals surface area contributed by atoms with Crippen molar-refractivity contribution >= 4 is 33.9 Å². The predicted molar refractivity (Wildman–Crippen MR) is 170 cm³/mol. The summed E-state index contributed by atoms with van der Waals surface area (Å²) in [5, 5.41) is 1.04. The second-order valence-electron chi connectivity index (χ2n) is 14.0. The molecule has 2 aliphatic heterocycles. The van der Waals surface area contributed by atoms with Gasteiger partial charge in [0.1, 0.15) is 16.9 Å². The third-order valence-corrected chi connectivity index (χ3v) is 10.3. The molecule has 1 aromatic carbocycles. The number of amides is 2. The Hall–Kier alpha value is -3.92. The molecular weight excluding hydrogens is 554 g/mol. The molecule has 3 aliphatic rings. The van der Waals surface area contributed by atoms with Crippen LogP contribution in [0.3, 0.4) is 0 Å². The highest BCUT2D eigenvalue weighted by molar-refractivity contribution is 6.00. The first-order valence-electron chi connectivity index (χ1n) is 15.9. The first-order valence-corrected chi connectivity index (χ1v) is 15.9. The predicted octanol–water partition coefficient (Wildman–Crippen LogP) is 4.72. The van der Waals surface area contributed by atoms with Gasteiger partial charge in [0.05, 0.1) is 18.3 Å². The van der Waals surface area contributed by atoms with Crippen molar-refractivity contribution in [1.82, 2.24) is 24.0 Å². The van der Waals surface area contributed by atoms with Crippen molar-refractivity contribution in [3.63, 3.8) is 0 Å². The Morgan fingerprint density at radius 2 is 1.89 bits per heavy atom. The average Bonchev–Trinajstić information content (AvgIpc) is 3.31. The first-order chi connectivity index (χ1) is 21.0. The molecule has 1 aliphatic carbocycles. The molecule has 7 rings (SSSR count). The van der Waals surface area contributed by atoms with Crippen LogP contribution in [0.5, 0.6) is 5.75 Å². The van der Waals surface area contributed by atoms with Gasteiger partial charge in [-0.15, -0.1) is 0 Å². The number of nitrogens with two attached hydrogens (primary N) is 2. The van der Waals surface area contributed by atoms with Crippen LogP contribution in [-0.2, 0) is 18.4 Å². The summed E-state index contributed by atoms with van der Waals surface area (Å²) in [7, 11) is 3.64. The van der Waals surface area contributed by atoms with Crippen LogP contribution < -0.4 is 16.2 Å². The third-order valence-electron chi connectivity index (χ3n) is 10.3. The number of methoxy groups -OCH3 is 1. The summed E-state index contributed by atoms with van der Waals surface area (Å²) in [6, 6.07) is 10.5. The summed E-state index contributed by atoms with van der Waals surface area (Å²) in [6.07, 6.45) is 5.87. The Morgan fingerprint density at radius 1 is 1.11 bits per heavy atom. The molecule has 0 spiro atoms. The quantitative estimate of drug-likeness (QED) is 0.287. The highest BCUT2D eigenvalue weighted by Crippen LogP contribution is 2.41. The van der Waals surface area contributed by atoms with Gasteiger partial charge >= 0.3 is 0 Å². The third kappa shape index (κ3) is 4.65. The number of benzene rings is 1. The fraction of sp³-hybridized carbons (Fsp3) is 0.529. The maximum atomic E-state index is 13.8. The second kappa shape index (κ2) is 10.3. The van der Waals surface area contributed by atoms with Crippen molar-refractivity contribution in [2.24, 2.45) is 29.8 Å². The lowest BCUT2D eigenvalue weighted by atomic mass is 9.81. The Labute approximate surface area is 257 Å². The van der Waals surface area contributed by atoms with Crippen molar-refractivity contribution in [1.29, 1.82) is 0 Å². The van der Waals surface area contributed by atoms with Gasteiger partial charge in [-0.05, 0) is 80.7 Å². The van der Waals surface area contributed by atoms with Crippen molar-refractivity contribution in [3.05, 3.63) is 41.6 Å². The molecule has 44 heavy (non-hydrogen) atoms. The summed E-state index contributed by atoms with van der Waals surface area (Å²) in [4.78, 5) is 38.1. The Balaban J connectivity index is 1.31. The van der Waals surface area contributed by atoms with Crippen LogP contribution in [-0.4, -0.2) is 61.1 Å². The number of carbonyl (C=O) groups excluding carboxylic acids is 2. The van der Waals surface area contributed by atoms with Gasteiger partial charge < -0.3 is 30.2 Å². The number of ether oxygens (including phenoxy) is 1. The largest absolute Gasteiger partial charge is 0.494 e. The number of rotatable bonds is 9. The number of imidazole rings is 1. The highest BCUT2D eigenvalue weighted by Gasteiger charge is 2.47. The molecule has 10 heteroatoms. The minimum Gasteiger partial charge on any atom is -0.494 e. The molecule has 1 saturated carbocycles. The molecule has 232 valence electrons. The Bertz CT molecular complexity index is 1800. The number of carbonyl (C=O) groups is 2. The van der Waals surface area contributed by atoms with Crippen molar-refractivity contribution in [3.8, 4) is 17.3 Å². The van der Waals surface area contributed by atoms with E-state index in [2.05, 4.69) is 34.3 Å². The van der Waals surface area contributed by atoms with Crippen LogP contribution in [0.4, 0.5) is 0 Å². The van der Waals surface area contributed by atoms with E-state index >= 15 is 0 Å². The maximum absolute atomic E-state index is 13.8. The fourth-order valence-corrected chi connectivity index (χ4v) is 7.64. The number of aryl methyl sites for hydroxylation is 1. The van der Waals surface area contributed by atoms with Gasteiger partial charge in [0.25, 0.3) is 5.91 Å². The minimum atomic E-state index is -0.621. The molecule has 10 nitrogen and oxygen atoms in total. The zero-order chi connectivity index (χ0) is 31.1. The van der Waals surface area contributed by atoms with Gasteiger partial charge in [-0.1, -0.05) is 20.8 Å². The molecular formula is C34H43N7O3. The van der Waals surface area contributed by atoms with Crippen LogP contribution in [0.1, 0.15) is 81.3 Å². The van der Waals surface area contributed by atoms with Gasteiger partial charge in [0.2, 0.25) is 5.91 Å². The first kappa shape index (κ1) is 28.8. The van der Waals surface area contributed by atoms with Gasteiger partial charge in [-0.3, -0.25) is 9.59 Å². The van der Waals surface area contributed by atoms with Crippen LogP contribution in [0, 0.1) is 11.3 Å². The number of pyridine rings is 1. The number of fused-ring (bicyclic) bond motifs is 4. The lowest BCUT2D eigenvalue weighted by Crippen LogP contribution is -2.40. The molecule has 2 amide bonds.